The van der Waals surface area contributed by atoms with Crippen molar-refractivity contribution in [3.05, 3.63) is 33.4 Å². The van der Waals surface area contributed by atoms with Gasteiger partial charge in [-0.3, -0.25) is 10.1 Å². The van der Waals surface area contributed by atoms with E-state index in [1.807, 2.05) is 0 Å². The molecule has 1 aromatic rings. The number of ether oxygens (including phenoxy) is 3. The van der Waals surface area contributed by atoms with E-state index in [2.05, 4.69) is 9.47 Å². The number of nitrogens with zero attached hydrogens (tertiary/aromatic N) is 1. The number of esters is 1. The zero-order valence-corrected chi connectivity index (χ0v) is 12.5. The molecule has 0 aliphatic heterocycles. The Bertz CT molecular complexity index is 602. The first-order valence-corrected chi connectivity index (χ1v) is 6.23. The van der Waals surface area contributed by atoms with Crippen LogP contribution in [0.25, 0.3) is 0 Å². The third-order valence-corrected chi connectivity index (χ3v) is 2.82. The number of carbonyl (C=O) groups excluding carboxylic acids is 1. The highest BCUT2D eigenvalue weighted by Gasteiger charge is 2.36. The Morgan fingerprint density at radius 2 is 1.96 bits per heavy atom. The quantitative estimate of drug-likeness (QED) is 0.450. The van der Waals surface area contributed by atoms with Crippen LogP contribution < -0.4 is 4.74 Å². The average Bonchev–Trinajstić information content (AvgIpc) is 2.46. The van der Waals surface area contributed by atoms with Gasteiger partial charge >= 0.3 is 17.8 Å². The predicted molar refractivity (Wildman–Crippen MR) is 70.9 cm³/mol. The summed E-state index contributed by atoms with van der Waals surface area (Å²) in [5.74, 6) is -1.56. The second kappa shape index (κ2) is 7.27. The molecule has 0 aliphatic carbocycles. The van der Waals surface area contributed by atoms with E-state index in [1.165, 1.54) is 6.92 Å². The second-order valence-corrected chi connectivity index (χ2v) is 4.45. The first-order chi connectivity index (χ1) is 10.6. The van der Waals surface area contributed by atoms with Crippen molar-refractivity contribution in [1.29, 1.82) is 0 Å². The molecule has 1 rings (SSSR count). The third-order valence-electron chi connectivity index (χ3n) is 2.82. The number of hydrogen-bond donors (Lipinski definition) is 0. The van der Waals surface area contributed by atoms with Crippen molar-refractivity contribution in [3.63, 3.8) is 0 Å². The first kappa shape index (κ1) is 18.7. The molecule has 128 valence electrons. The van der Waals surface area contributed by atoms with Crippen LogP contribution in [-0.4, -0.2) is 31.2 Å². The van der Waals surface area contributed by atoms with Crippen molar-refractivity contribution >= 4 is 11.7 Å². The van der Waals surface area contributed by atoms with Gasteiger partial charge in [0, 0.05) is 13.2 Å². The number of alkyl halides is 3. The summed E-state index contributed by atoms with van der Waals surface area (Å²) in [6.07, 6.45) is -6.08. The SMILES string of the molecule is COCc1cc([N+](=O)[O-])c(O[C@@H](C)C(=O)OC)cc1C(F)(F)F. The molecule has 0 unspecified atom stereocenters. The van der Waals surface area contributed by atoms with Gasteiger partial charge in [-0.15, -0.1) is 0 Å². The number of carbonyl (C=O) groups is 1. The van der Waals surface area contributed by atoms with E-state index in [9.17, 15) is 28.1 Å². The van der Waals surface area contributed by atoms with Crippen molar-refractivity contribution in [3.8, 4) is 5.75 Å². The highest BCUT2D eigenvalue weighted by molar-refractivity contribution is 5.74. The number of rotatable bonds is 6. The molecular formula is C13H14F3NO6. The van der Waals surface area contributed by atoms with Gasteiger partial charge < -0.3 is 14.2 Å². The van der Waals surface area contributed by atoms with Crippen LogP contribution in [-0.2, 0) is 27.1 Å². The lowest BCUT2D eigenvalue weighted by molar-refractivity contribution is -0.386. The Hall–Kier alpha value is -2.36. The molecule has 10 heteroatoms. The molecule has 0 amide bonds. The Balaban J connectivity index is 3.42. The molecule has 0 aliphatic rings. The Morgan fingerprint density at radius 3 is 2.39 bits per heavy atom. The summed E-state index contributed by atoms with van der Waals surface area (Å²) in [6, 6.07) is 1.19. The van der Waals surface area contributed by atoms with Crippen LogP contribution >= 0.6 is 0 Å². The number of nitro benzene ring substituents is 1. The van der Waals surface area contributed by atoms with E-state index in [1.54, 1.807) is 0 Å². The van der Waals surface area contributed by atoms with Crippen molar-refractivity contribution in [2.24, 2.45) is 0 Å². The normalized spacial score (nSPS) is 12.6. The zero-order valence-electron chi connectivity index (χ0n) is 12.5. The van der Waals surface area contributed by atoms with Crippen LogP contribution in [0.5, 0.6) is 5.75 Å². The van der Waals surface area contributed by atoms with E-state index in [4.69, 9.17) is 4.74 Å². The van der Waals surface area contributed by atoms with Crippen LogP contribution in [0.15, 0.2) is 12.1 Å². The molecule has 1 aromatic carbocycles. The predicted octanol–water partition coefficient (Wildman–Crippen LogP) is 2.70. The fourth-order valence-corrected chi connectivity index (χ4v) is 1.79. The molecule has 0 saturated carbocycles. The molecule has 0 aromatic heterocycles. The molecule has 0 N–H and O–H groups in total. The minimum atomic E-state index is -4.77. The van der Waals surface area contributed by atoms with Crippen molar-refractivity contribution in [1.82, 2.24) is 0 Å². The lowest BCUT2D eigenvalue weighted by Gasteiger charge is -2.17. The maximum atomic E-state index is 13.1. The number of nitro groups is 1. The van der Waals surface area contributed by atoms with Crippen LogP contribution in [0.2, 0.25) is 0 Å². The lowest BCUT2D eigenvalue weighted by atomic mass is 10.1. The van der Waals surface area contributed by atoms with Gasteiger partial charge in [0.2, 0.25) is 0 Å². The highest BCUT2D eigenvalue weighted by Crippen LogP contribution is 2.39. The van der Waals surface area contributed by atoms with Gasteiger partial charge in [-0.05, 0) is 18.6 Å². The fourth-order valence-electron chi connectivity index (χ4n) is 1.79. The van der Waals surface area contributed by atoms with E-state index >= 15 is 0 Å². The Kier molecular flexibility index (Phi) is 5.91. The van der Waals surface area contributed by atoms with E-state index in [0.717, 1.165) is 14.2 Å². The smallest absolute Gasteiger partial charge is 0.416 e. The zero-order chi connectivity index (χ0) is 17.8. The van der Waals surface area contributed by atoms with Gasteiger partial charge in [0.05, 0.1) is 24.2 Å². The summed E-state index contributed by atoms with van der Waals surface area (Å²) in [5.41, 5.74) is -2.26. The van der Waals surface area contributed by atoms with Gasteiger partial charge in [-0.2, -0.15) is 13.2 Å². The number of methoxy groups -OCH3 is 2. The monoisotopic (exact) mass is 337 g/mol. The molecule has 23 heavy (non-hydrogen) atoms. The van der Waals surface area contributed by atoms with E-state index in [-0.39, 0.29) is 0 Å². The Morgan fingerprint density at radius 1 is 1.35 bits per heavy atom. The maximum absolute atomic E-state index is 13.1. The molecule has 0 bridgehead atoms. The number of hydrogen-bond acceptors (Lipinski definition) is 6. The summed E-state index contributed by atoms with van der Waals surface area (Å²) in [4.78, 5) is 21.4. The lowest BCUT2D eigenvalue weighted by Crippen LogP contribution is -2.25. The summed E-state index contributed by atoms with van der Waals surface area (Å²) in [5, 5.41) is 11.0. The van der Waals surface area contributed by atoms with E-state index < -0.39 is 52.3 Å². The van der Waals surface area contributed by atoms with E-state index in [0.29, 0.717) is 12.1 Å². The molecular weight excluding hydrogens is 323 g/mol. The number of benzene rings is 1. The molecule has 0 saturated heterocycles. The second-order valence-electron chi connectivity index (χ2n) is 4.45. The third kappa shape index (κ3) is 4.55. The minimum absolute atomic E-state index is 0.412. The summed E-state index contributed by atoms with van der Waals surface area (Å²) >= 11 is 0. The number of halogens is 3. The average molecular weight is 337 g/mol. The largest absolute Gasteiger partial charge is 0.472 e. The summed E-state index contributed by atoms with van der Waals surface area (Å²) < 4.78 is 53.2. The molecule has 1 atom stereocenters. The van der Waals surface area contributed by atoms with Crippen molar-refractivity contribution < 1.29 is 37.1 Å². The van der Waals surface area contributed by atoms with Crippen LogP contribution in [0.3, 0.4) is 0 Å². The minimum Gasteiger partial charge on any atom is -0.472 e. The Labute approximate surface area is 129 Å². The highest BCUT2D eigenvalue weighted by atomic mass is 19.4. The van der Waals surface area contributed by atoms with Gasteiger partial charge in [-0.25, -0.2) is 4.79 Å². The molecule has 0 radical (unpaired) electrons. The first-order valence-electron chi connectivity index (χ1n) is 6.23. The maximum Gasteiger partial charge on any atom is 0.416 e. The molecule has 7 nitrogen and oxygen atoms in total. The fraction of sp³-hybridized carbons (Fsp3) is 0.462. The summed E-state index contributed by atoms with van der Waals surface area (Å²) in [6.45, 7) is 0.731. The molecule has 0 spiro atoms. The standard InChI is InChI=1S/C13H14F3NO6/c1-7(12(18)22-3)23-11-5-9(13(14,15)16)8(6-21-2)4-10(11)17(19)20/h4-5,7H,6H2,1-3H3/t7-/m0/s1. The van der Waals surface area contributed by atoms with Gasteiger partial charge in [0.1, 0.15) is 0 Å². The molecule has 0 heterocycles. The molecule has 0 fully saturated rings. The van der Waals surface area contributed by atoms with Gasteiger partial charge in [-0.1, -0.05) is 0 Å². The van der Waals surface area contributed by atoms with Gasteiger partial charge in [0.15, 0.2) is 11.9 Å². The summed E-state index contributed by atoms with van der Waals surface area (Å²) in [7, 11) is 2.22. The van der Waals surface area contributed by atoms with Crippen LogP contribution in [0.1, 0.15) is 18.1 Å². The van der Waals surface area contributed by atoms with Crippen molar-refractivity contribution in [2.75, 3.05) is 14.2 Å². The van der Waals surface area contributed by atoms with Gasteiger partial charge in [0.25, 0.3) is 0 Å². The van der Waals surface area contributed by atoms with Crippen molar-refractivity contribution in [2.45, 2.75) is 25.8 Å². The topological polar surface area (TPSA) is 87.9 Å². The van der Waals surface area contributed by atoms with Crippen LogP contribution in [0, 0.1) is 10.1 Å². The van der Waals surface area contributed by atoms with Crippen LogP contribution in [0.4, 0.5) is 18.9 Å².